The van der Waals surface area contributed by atoms with Crippen LogP contribution >= 0.6 is 0 Å². The third kappa shape index (κ3) is 6.78. The Morgan fingerprint density at radius 2 is 0.689 bits per heavy atom. The van der Waals surface area contributed by atoms with E-state index in [1.54, 1.807) is 0 Å². The van der Waals surface area contributed by atoms with E-state index in [2.05, 4.69) is 240 Å². The lowest BCUT2D eigenvalue weighted by Gasteiger charge is -2.28. The molecular formula is C58H40N2O. The van der Waals surface area contributed by atoms with E-state index in [-0.39, 0.29) is 0 Å². The van der Waals surface area contributed by atoms with Crippen LogP contribution in [-0.4, -0.2) is 0 Å². The minimum atomic E-state index is 0.885. The second kappa shape index (κ2) is 15.6. The van der Waals surface area contributed by atoms with Crippen molar-refractivity contribution in [3.63, 3.8) is 0 Å². The van der Waals surface area contributed by atoms with E-state index in [4.69, 9.17) is 4.42 Å². The lowest BCUT2D eigenvalue weighted by Crippen LogP contribution is -2.10. The van der Waals surface area contributed by atoms with Gasteiger partial charge in [-0.2, -0.15) is 0 Å². The van der Waals surface area contributed by atoms with Crippen molar-refractivity contribution in [2.24, 2.45) is 0 Å². The number of nitrogens with zero attached hydrogens (tertiary/aromatic N) is 2. The van der Waals surface area contributed by atoms with Crippen LogP contribution in [0.25, 0.3) is 66.1 Å². The zero-order valence-corrected chi connectivity index (χ0v) is 33.4. The van der Waals surface area contributed by atoms with Crippen molar-refractivity contribution in [1.29, 1.82) is 0 Å². The van der Waals surface area contributed by atoms with Crippen LogP contribution in [0.2, 0.25) is 0 Å². The maximum absolute atomic E-state index is 6.19. The molecule has 0 amide bonds. The number of para-hydroxylation sites is 2. The van der Waals surface area contributed by atoms with Gasteiger partial charge in [0.2, 0.25) is 0 Å². The van der Waals surface area contributed by atoms with E-state index in [1.165, 1.54) is 38.6 Å². The van der Waals surface area contributed by atoms with E-state index in [0.29, 0.717) is 0 Å². The first kappa shape index (κ1) is 36.0. The number of hydrogen-bond acceptors (Lipinski definition) is 3. The lowest BCUT2D eigenvalue weighted by atomic mass is 9.96. The molecule has 0 aliphatic carbocycles. The summed E-state index contributed by atoms with van der Waals surface area (Å²) >= 11 is 0. The Morgan fingerprint density at radius 3 is 1.33 bits per heavy atom. The second-order valence-electron chi connectivity index (χ2n) is 15.3. The molecule has 3 nitrogen and oxygen atoms in total. The van der Waals surface area contributed by atoms with Crippen LogP contribution in [-0.2, 0) is 0 Å². The fraction of sp³-hybridized carbons (Fsp3) is 0. The zero-order valence-electron chi connectivity index (χ0n) is 33.4. The predicted molar refractivity (Wildman–Crippen MR) is 257 cm³/mol. The highest BCUT2D eigenvalue weighted by Crippen LogP contribution is 2.44. The Bertz CT molecular complexity index is 3180. The van der Waals surface area contributed by atoms with Gasteiger partial charge in [0.25, 0.3) is 0 Å². The maximum Gasteiger partial charge on any atom is 0.135 e. The summed E-state index contributed by atoms with van der Waals surface area (Å²) in [5.41, 5.74) is 15.4. The van der Waals surface area contributed by atoms with Gasteiger partial charge in [0.15, 0.2) is 0 Å². The van der Waals surface area contributed by atoms with Crippen LogP contribution < -0.4 is 9.80 Å². The minimum Gasteiger partial charge on any atom is -0.456 e. The van der Waals surface area contributed by atoms with Gasteiger partial charge in [-0.05, 0) is 118 Å². The number of anilines is 6. The van der Waals surface area contributed by atoms with Crippen molar-refractivity contribution in [2.45, 2.75) is 0 Å². The van der Waals surface area contributed by atoms with E-state index < -0.39 is 0 Å². The van der Waals surface area contributed by atoms with Gasteiger partial charge in [0, 0.05) is 44.6 Å². The summed E-state index contributed by atoms with van der Waals surface area (Å²) in [6, 6.07) is 86.6. The molecular weight excluding hydrogens is 741 g/mol. The first-order valence-corrected chi connectivity index (χ1v) is 20.7. The summed E-state index contributed by atoms with van der Waals surface area (Å²) in [6.45, 7) is 0. The van der Waals surface area contributed by atoms with Crippen molar-refractivity contribution >= 4 is 66.8 Å². The standard InChI is InChI=1S/C58H40N2O/c1-4-14-41(15-5-1)43-26-32-48(33-27-43)60(49-34-28-44(29-35-49)42-16-6-2-7-17-42)56-24-13-22-52-51(21-12-23-53(52)56)45-30-36-47(37-31-45)59(46-18-8-3-9-19-46)50-38-39-58-55(40-50)54-20-10-11-25-57(54)61-58/h1-40H. The predicted octanol–water partition coefficient (Wildman–Crippen LogP) is 16.7. The Morgan fingerprint density at radius 1 is 0.246 bits per heavy atom. The summed E-state index contributed by atoms with van der Waals surface area (Å²) in [5, 5.41) is 4.59. The molecule has 0 aliphatic rings. The Kier molecular flexibility index (Phi) is 9.18. The van der Waals surface area contributed by atoms with Crippen molar-refractivity contribution in [1.82, 2.24) is 0 Å². The van der Waals surface area contributed by atoms with Gasteiger partial charge in [-0.15, -0.1) is 0 Å². The van der Waals surface area contributed by atoms with Crippen LogP contribution in [0.3, 0.4) is 0 Å². The Hall–Kier alpha value is -8.14. The van der Waals surface area contributed by atoms with Gasteiger partial charge in [-0.25, -0.2) is 0 Å². The normalized spacial score (nSPS) is 11.3. The Balaban J connectivity index is 0.993. The van der Waals surface area contributed by atoms with Gasteiger partial charge >= 0.3 is 0 Å². The number of rotatable bonds is 9. The maximum atomic E-state index is 6.19. The zero-order chi connectivity index (χ0) is 40.5. The molecule has 0 bridgehead atoms. The van der Waals surface area contributed by atoms with Crippen molar-refractivity contribution < 1.29 is 4.42 Å². The molecule has 0 spiro atoms. The molecule has 0 fully saturated rings. The number of furan rings is 1. The molecule has 1 heterocycles. The van der Waals surface area contributed by atoms with E-state index in [0.717, 1.165) is 61.6 Å². The van der Waals surface area contributed by atoms with Crippen LogP contribution in [0.5, 0.6) is 0 Å². The highest BCUT2D eigenvalue weighted by molar-refractivity contribution is 6.07. The first-order valence-electron chi connectivity index (χ1n) is 20.7. The summed E-state index contributed by atoms with van der Waals surface area (Å²) in [4.78, 5) is 4.70. The third-order valence-electron chi connectivity index (χ3n) is 11.7. The monoisotopic (exact) mass is 780 g/mol. The highest BCUT2D eigenvalue weighted by Gasteiger charge is 2.19. The molecule has 0 radical (unpaired) electrons. The third-order valence-corrected chi connectivity index (χ3v) is 11.7. The van der Waals surface area contributed by atoms with E-state index in [9.17, 15) is 0 Å². The molecule has 0 atom stereocenters. The quantitative estimate of drug-likeness (QED) is 0.145. The molecule has 0 saturated heterocycles. The average Bonchev–Trinajstić information content (AvgIpc) is 3.71. The molecule has 0 unspecified atom stereocenters. The van der Waals surface area contributed by atoms with Crippen LogP contribution in [0.4, 0.5) is 34.1 Å². The van der Waals surface area contributed by atoms with Gasteiger partial charge < -0.3 is 14.2 Å². The molecule has 0 aliphatic heterocycles. The van der Waals surface area contributed by atoms with Crippen molar-refractivity contribution in [3.05, 3.63) is 243 Å². The van der Waals surface area contributed by atoms with Crippen LogP contribution in [0.15, 0.2) is 247 Å². The molecule has 3 heteroatoms. The highest BCUT2D eigenvalue weighted by atomic mass is 16.3. The number of fused-ring (bicyclic) bond motifs is 4. The molecule has 11 rings (SSSR count). The van der Waals surface area contributed by atoms with Gasteiger partial charge in [0.1, 0.15) is 11.2 Å². The van der Waals surface area contributed by atoms with Crippen molar-refractivity contribution in [2.75, 3.05) is 9.80 Å². The molecule has 11 aromatic rings. The Labute approximate surface area is 355 Å². The minimum absolute atomic E-state index is 0.885. The summed E-state index contributed by atoms with van der Waals surface area (Å²) in [6.07, 6.45) is 0. The summed E-state index contributed by atoms with van der Waals surface area (Å²) in [7, 11) is 0. The smallest absolute Gasteiger partial charge is 0.135 e. The van der Waals surface area contributed by atoms with Crippen LogP contribution in [0.1, 0.15) is 0 Å². The molecule has 61 heavy (non-hydrogen) atoms. The van der Waals surface area contributed by atoms with Crippen molar-refractivity contribution in [3.8, 4) is 33.4 Å². The lowest BCUT2D eigenvalue weighted by molar-refractivity contribution is 0.669. The van der Waals surface area contributed by atoms with Gasteiger partial charge in [-0.3, -0.25) is 0 Å². The van der Waals surface area contributed by atoms with E-state index in [1.807, 2.05) is 12.1 Å². The second-order valence-corrected chi connectivity index (χ2v) is 15.3. The average molecular weight is 781 g/mol. The van der Waals surface area contributed by atoms with E-state index >= 15 is 0 Å². The summed E-state index contributed by atoms with van der Waals surface area (Å²) < 4.78 is 6.19. The topological polar surface area (TPSA) is 19.6 Å². The largest absolute Gasteiger partial charge is 0.456 e. The van der Waals surface area contributed by atoms with Gasteiger partial charge in [-0.1, -0.05) is 164 Å². The number of hydrogen-bond donors (Lipinski definition) is 0. The van der Waals surface area contributed by atoms with Crippen LogP contribution in [0, 0.1) is 0 Å². The molecule has 288 valence electrons. The van der Waals surface area contributed by atoms with Gasteiger partial charge in [0.05, 0.1) is 5.69 Å². The fourth-order valence-electron chi connectivity index (χ4n) is 8.70. The summed E-state index contributed by atoms with van der Waals surface area (Å²) in [5.74, 6) is 0. The molecule has 10 aromatic carbocycles. The SMILES string of the molecule is c1ccc(-c2ccc(N(c3ccc(-c4ccccc4)cc3)c3cccc4c(-c5ccc(N(c6ccccc6)c6ccc7oc8ccccc8c7c6)cc5)cccc34)cc2)cc1. The number of benzene rings is 10. The molecule has 0 saturated carbocycles. The molecule has 1 aromatic heterocycles. The fourth-order valence-corrected chi connectivity index (χ4v) is 8.70. The first-order chi connectivity index (χ1) is 30.2. The molecule has 0 N–H and O–H groups in total.